The van der Waals surface area contributed by atoms with Gasteiger partial charge in [-0.05, 0) is 35.0 Å². The Labute approximate surface area is 99.6 Å². The highest BCUT2D eigenvalue weighted by Crippen LogP contribution is 2.13. The van der Waals surface area contributed by atoms with Crippen LogP contribution in [0.2, 0.25) is 0 Å². The highest BCUT2D eigenvalue weighted by atomic mass is 79.9. The summed E-state index contributed by atoms with van der Waals surface area (Å²) < 4.78 is 6.09. The van der Waals surface area contributed by atoms with Crippen molar-refractivity contribution in [3.63, 3.8) is 0 Å². The van der Waals surface area contributed by atoms with Crippen molar-refractivity contribution in [1.29, 1.82) is 0 Å². The van der Waals surface area contributed by atoms with Crippen LogP contribution >= 0.6 is 15.9 Å². The normalized spacial score (nSPS) is 10.4. The second-order valence-corrected chi connectivity index (χ2v) is 4.04. The van der Waals surface area contributed by atoms with Crippen LogP contribution in [0.3, 0.4) is 0 Å². The van der Waals surface area contributed by atoms with Crippen LogP contribution in [-0.4, -0.2) is 10.6 Å². The van der Waals surface area contributed by atoms with Crippen molar-refractivity contribution in [3.8, 4) is 0 Å². The minimum Gasteiger partial charge on any atom is -0.327 e. The molecule has 0 N–H and O–H groups in total. The summed E-state index contributed by atoms with van der Waals surface area (Å²) in [5, 5.41) is 0. The number of hydrogen-bond acceptors (Lipinski definition) is 3. The fraction of sp³-hybridized carbons (Fsp3) is 0.0909. The predicted molar refractivity (Wildman–Crippen MR) is 61.6 cm³/mol. The lowest BCUT2D eigenvalue weighted by Gasteiger charge is -2.01. The van der Waals surface area contributed by atoms with E-state index in [1.165, 1.54) is 0 Å². The predicted octanol–water partition coefficient (Wildman–Crippen LogP) is 2.20. The zero-order valence-electron chi connectivity index (χ0n) is 8.44. The van der Waals surface area contributed by atoms with Crippen molar-refractivity contribution >= 4 is 21.8 Å². The second kappa shape index (κ2) is 4.09. The minimum absolute atomic E-state index is 0.275. The average molecular weight is 282 g/mol. The maximum absolute atomic E-state index is 11.9. The third-order valence-corrected chi connectivity index (χ3v) is 3.08. The van der Waals surface area contributed by atoms with Gasteiger partial charge in [-0.15, -0.1) is 4.74 Å². The Morgan fingerprint density at radius 3 is 2.44 bits per heavy atom. The fourth-order valence-corrected chi connectivity index (χ4v) is 1.55. The maximum Gasteiger partial charge on any atom is 0.372 e. The molecule has 0 spiro atoms. The topological polar surface area (TPSA) is 52.2 Å². The Bertz CT molecular complexity index is 583. The molecule has 0 saturated carbocycles. The third-order valence-electron chi connectivity index (χ3n) is 2.18. The van der Waals surface area contributed by atoms with Gasteiger partial charge in [-0.3, -0.25) is 4.79 Å². The van der Waals surface area contributed by atoms with E-state index in [1.54, 1.807) is 31.2 Å². The highest BCUT2D eigenvalue weighted by molar-refractivity contribution is 9.10. The molecule has 1 heterocycles. The summed E-state index contributed by atoms with van der Waals surface area (Å²) in [6.07, 6.45) is 0. The van der Waals surface area contributed by atoms with Crippen LogP contribution in [0.5, 0.6) is 0 Å². The molecule has 0 aliphatic rings. The molecule has 0 aliphatic carbocycles. The Morgan fingerprint density at radius 1 is 1.31 bits per heavy atom. The van der Waals surface area contributed by atoms with E-state index in [0.717, 1.165) is 4.74 Å². The molecule has 0 bridgehead atoms. The molecule has 4 nitrogen and oxygen atoms in total. The molecule has 2 rings (SSSR count). The van der Waals surface area contributed by atoms with Crippen molar-refractivity contribution in [3.05, 3.63) is 56.5 Å². The van der Waals surface area contributed by atoms with Crippen molar-refractivity contribution < 1.29 is 9.32 Å². The lowest BCUT2D eigenvalue weighted by molar-refractivity contribution is 0.0834. The first-order valence-electron chi connectivity index (χ1n) is 4.59. The highest BCUT2D eigenvalue weighted by Gasteiger charge is 2.17. The van der Waals surface area contributed by atoms with Gasteiger partial charge in [0.15, 0.2) is 0 Å². The summed E-state index contributed by atoms with van der Waals surface area (Å²) in [7, 11) is 0. The first kappa shape index (κ1) is 10.9. The van der Waals surface area contributed by atoms with Crippen LogP contribution in [-0.2, 0) is 0 Å². The molecule has 2 aromatic rings. The number of carbonyl (C=O) groups excluding carboxylic acids is 1. The van der Waals surface area contributed by atoms with Crippen LogP contribution < -0.4 is 5.63 Å². The van der Waals surface area contributed by atoms with Crippen LogP contribution in [0.25, 0.3) is 0 Å². The molecule has 82 valence electrons. The number of carbonyl (C=O) groups is 1. The number of nitrogens with zero attached hydrogens (tertiary/aromatic N) is 1. The summed E-state index contributed by atoms with van der Waals surface area (Å²) in [6, 6.07) is 8.63. The van der Waals surface area contributed by atoms with Crippen LogP contribution in [0.15, 0.2) is 44.1 Å². The van der Waals surface area contributed by atoms with E-state index < -0.39 is 5.63 Å². The molecule has 1 aromatic heterocycles. The zero-order chi connectivity index (χ0) is 11.7. The van der Waals surface area contributed by atoms with Crippen molar-refractivity contribution in [1.82, 2.24) is 4.74 Å². The standard InChI is InChI=1S/C11H8BrNO3/c1-7-9(12)11(15)16-13(7)10(14)8-5-3-2-4-6-8/h2-6H,1H3. The second-order valence-electron chi connectivity index (χ2n) is 3.24. The van der Waals surface area contributed by atoms with E-state index >= 15 is 0 Å². The number of hydrogen-bond donors (Lipinski definition) is 0. The van der Waals surface area contributed by atoms with E-state index in [0.29, 0.717) is 11.3 Å². The summed E-state index contributed by atoms with van der Waals surface area (Å²) >= 11 is 3.06. The van der Waals surface area contributed by atoms with Gasteiger partial charge in [-0.2, -0.15) is 0 Å². The van der Waals surface area contributed by atoms with E-state index in [9.17, 15) is 9.59 Å². The minimum atomic E-state index is -0.554. The SMILES string of the molecule is Cc1c(Br)c(=O)on1C(=O)c1ccccc1. The average Bonchev–Trinajstić information content (AvgIpc) is 2.57. The van der Waals surface area contributed by atoms with E-state index in [2.05, 4.69) is 15.9 Å². The van der Waals surface area contributed by atoms with Crippen molar-refractivity contribution in [2.45, 2.75) is 6.92 Å². The van der Waals surface area contributed by atoms with Gasteiger partial charge >= 0.3 is 5.63 Å². The molecule has 0 unspecified atom stereocenters. The lowest BCUT2D eigenvalue weighted by atomic mass is 10.2. The first-order chi connectivity index (χ1) is 7.61. The van der Waals surface area contributed by atoms with Gasteiger partial charge in [-0.25, -0.2) is 4.79 Å². The van der Waals surface area contributed by atoms with E-state index in [4.69, 9.17) is 4.52 Å². The van der Waals surface area contributed by atoms with Gasteiger partial charge in [0.05, 0.1) is 5.69 Å². The maximum atomic E-state index is 11.9. The fourth-order valence-electron chi connectivity index (χ4n) is 1.32. The van der Waals surface area contributed by atoms with Gasteiger partial charge in [0.25, 0.3) is 5.91 Å². The summed E-state index contributed by atoms with van der Waals surface area (Å²) in [5.41, 5.74) is 0.373. The number of rotatable bonds is 1. The molecule has 5 heteroatoms. The van der Waals surface area contributed by atoms with Gasteiger partial charge in [0, 0.05) is 5.56 Å². The molecule has 1 aromatic carbocycles. The van der Waals surface area contributed by atoms with Gasteiger partial charge < -0.3 is 4.52 Å². The Hall–Kier alpha value is -1.62. The molecule has 0 atom stereocenters. The molecular formula is C11H8BrNO3. The first-order valence-corrected chi connectivity index (χ1v) is 5.38. The lowest BCUT2D eigenvalue weighted by Crippen LogP contribution is -2.12. The molecule has 16 heavy (non-hydrogen) atoms. The third kappa shape index (κ3) is 1.74. The largest absolute Gasteiger partial charge is 0.372 e. The van der Waals surface area contributed by atoms with Crippen LogP contribution in [0, 0.1) is 6.92 Å². The molecular weight excluding hydrogens is 274 g/mol. The quantitative estimate of drug-likeness (QED) is 0.805. The smallest absolute Gasteiger partial charge is 0.327 e. The molecule has 0 aliphatic heterocycles. The zero-order valence-corrected chi connectivity index (χ0v) is 10.0. The Kier molecular flexibility index (Phi) is 2.78. The number of halogens is 1. The van der Waals surface area contributed by atoms with Crippen molar-refractivity contribution in [2.24, 2.45) is 0 Å². The van der Waals surface area contributed by atoms with Crippen molar-refractivity contribution in [2.75, 3.05) is 0 Å². The molecule has 0 radical (unpaired) electrons. The monoisotopic (exact) mass is 281 g/mol. The summed E-state index contributed by atoms with van der Waals surface area (Å²) in [4.78, 5) is 23.2. The molecule has 0 fully saturated rings. The van der Waals surface area contributed by atoms with Crippen LogP contribution in [0.1, 0.15) is 16.1 Å². The summed E-state index contributed by atoms with van der Waals surface area (Å²) in [6.45, 7) is 1.63. The molecule has 0 amide bonds. The van der Waals surface area contributed by atoms with Crippen LogP contribution in [0.4, 0.5) is 0 Å². The van der Waals surface area contributed by atoms with Gasteiger partial charge in [0.2, 0.25) is 0 Å². The number of benzene rings is 1. The van der Waals surface area contributed by atoms with E-state index in [1.807, 2.05) is 6.07 Å². The van der Waals surface area contributed by atoms with Gasteiger partial charge in [0.1, 0.15) is 4.47 Å². The Balaban J connectivity index is 2.50. The van der Waals surface area contributed by atoms with Gasteiger partial charge in [-0.1, -0.05) is 18.2 Å². The molecule has 0 saturated heterocycles. The Morgan fingerprint density at radius 2 is 1.94 bits per heavy atom. The number of aromatic nitrogens is 1. The summed E-state index contributed by atoms with van der Waals surface area (Å²) in [5.74, 6) is -0.360. The van der Waals surface area contributed by atoms with E-state index in [-0.39, 0.29) is 10.4 Å².